The third kappa shape index (κ3) is 13.0. The molecule has 2 unspecified atom stereocenters. The van der Waals surface area contributed by atoms with Crippen LogP contribution in [-0.4, -0.2) is 39.3 Å². The highest BCUT2D eigenvalue weighted by Crippen LogP contribution is 2.10. The lowest BCUT2D eigenvalue weighted by atomic mass is 10.0. The molecule has 2 atom stereocenters. The van der Waals surface area contributed by atoms with Crippen LogP contribution in [0.3, 0.4) is 0 Å². The first-order valence-corrected chi connectivity index (χ1v) is 8.77. The molecule has 0 bridgehead atoms. The van der Waals surface area contributed by atoms with Crippen molar-refractivity contribution < 1.29 is 24.9 Å². The number of allylic oxidation sites excluding steroid dienone is 1. The van der Waals surface area contributed by atoms with Crippen LogP contribution in [-0.2, 0) is 9.59 Å². The second-order valence-corrected chi connectivity index (χ2v) is 6.01. The van der Waals surface area contributed by atoms with Crippen molar-refractivity contribution in [1.29, 1.82) is 0 Å². The molecular formula is C18H32O5. The van der Waals surface area contributed by atoms with Crippen LogP contribution in [0, 0.1) is 0 Å². The Morgan fingerprint density at radius 3 is 2.17 bits per heavy atom. The smallest absolute Gasteiger partial charge is 0.303 e. The molecular weight excluding hydrogens is 296 g/mol. The molecule has 0 aromatic heterocycles. The number of hydrogen-bond donors (Lipinski definition) is 3. The third-order valence-electron chi connectivity index (χ3n) is 3.80. The summed E-state index contributed by atoms with van der Waals surface area (Å²) in [5.74, 6) is -1.47. The third-order valence-corrected chi connectivity index (χ3v) is 3.80. The molecule has 0 aliphatic rings. The second kappa shape index (κ2) is 14.4. The van der Waals surface area contributed by atoms with E-state index in [9.17, 15) is 19.8 Å². The van der Waals surface area contributed by atoms with Gasteiger partial charge in [-0.15, -0.1) is 0 Å². The number of hydrogen-bond acceptors (Lipinski definition) is 4. The molecule has 0 aliphatic carbocycles. The van der Waals surface area contributed by atoms with Crippen molar-refractivity contribution in [3.63, 3.8) is 0 Å². The maximum absolute atomic E-state index is 11.7. The fourth-order valence-electron chi connectivity index (χ4n) is 2.33. The lowest BCUT2D eigenvalue weighted by molar-refractivity contribution is -0.137. The predicted octanol–water partition coefficient (Wildman–Crippen LogP) is 3.23. The molecule has 0 aromatic rings. The van der Waals surface area contributed by atoms with E-state index in [-0.39, 0.29) is 19.3 Å². The van der Waals surface area contributed by atoms with Gasteiger partial charge in [0.25, 0.3) is 0 Å². The van der Waals surface area contributed by atoms with E-state index in [0.717, 1.165) is 19.3 Å². The van der Waals surface area contributed by atoms with Gasteiger partial charge in [0.1, 0.15) is 6.10 Å². The number of unbranched alkanes of at least 4 members (excludes halogenated alkanes) is 7. The zero-order chi connectivity index (χ0) is 17.5. The van der Waals surface area contributed by atoms with E-state index < -0.39 is 24.0 Å². The van der Waals surface area contributed by atoms with Gasteiger partial charge in [-0.05, 0) is 31.8 Å². The summed E-state index contributed by atoms with van der Waals surface area (Å²) < 4.78 is 0. The Balaban J connectivity index is 3.74. The Hall–Kier alpha value is -1.20. The number of rotatable bonds is 15. The molecule has 5 nitrogen and oxygen atoms in total. The van der Waals surface area contributed by atoms with Crippen LogP contribution >= 0.6 is 0 Å². The van der Waals surface area contributed by atoms with Gasteiger partial charge in [0.15, 0.2) is 5.78 Å². The zero-order valence-electron chi connectivity index (χ0n) is 14.2. The fraction of sp³-hybridized carbons (Fsp3) is 0.778. The van der Waals surface area contributed by atoms with Gasteiger partial charge in [0.05, 0.1) is 6.10 Å². The minimum atomic E-state index is -1.46. The number of ketones is 1. The number of carboxylic acid groups (broad SMARTS) is 1. The van der Waals surface area contributed by atoms with Crippen molar-refractivity contribution in [3.05, 3.63) is 12.2 Å². The molecule has 23 heavy (non-hydrogen) atoms. The lowest BCUT2D eigenvalue weighted by Crippen LogP contribution is -2.32. The van der Waals surface area contributed by atoms with Crippen LogP contribution in [0.4, 0.5) is 0 Å². The first kappa shape index (κ1) is 21.8. The van der Waals surface area contributed by atoms with Crippen molar-refractivity contribution in [2.24, 2.45) is 0 Å². The summed E-state index contributed by atoms with van der Waals surface area (Å²) in [6, 6.07) is 0. The minimum absolute atomic E-state index is 0.0773. The van der Waals surface area contributed by atoms with E-state index in [1.54, 1.807) is 6.08 Å². The first-order chi connectivity index (χ1) is 11.0. The number of aliphatic hydroxyl groups excluding tert-OH is 2. The van der Waals surface area contributed by atoms with E-state index >= 15 is 0 Å². The monoisotopic (exact) mass is 328 g/mol. The van der Waals surface area contributed by atoms with Gasteiger partial charge in [0.2, 0.25) is 0 Å². The van der Waals surface area contributed by atoms with E-state index in [2.05, 4.69) is 6.92 Å². The SMILES string of the molecule is CCCCCCCCC/C=C\C(=O)C(O)C(O)CCCC(=O)O. The van der Waals surface area contributed by atoms with E-state index in [0.29, 0.717) is 0 Å². The van der Waals surface area contributed by atoms with E-state index in [1.165, 1.54) is 38.2 Å². The largest absolute Gasteiger partial charge is 0.481 e. The summed E-state index contributed by atoms with van der Waals surface area (Å²) in [6.07, 6.45) is 9.91. The van der Waals surface area contributed by atoms with Crippen molar-refractivity contribution in [1.82, 2.24) is 0 Å². The molecule has 0 aromatic carbocycles. The standard InChI is InChI=1S/C18H32O5/c1-2-3-4-5-6-7-8-9-10-12-15(19)18(23)16(20)13-11-14-17(21)22/h10,12,16,18,20,23H,2-9,11,13-14H2,1H3,(H,21,22)/b12-10-. The number of carbonyl (C=O) groups is 2. The summed E-state index contributed by atoms with van der Waals surface area (Å²) in [4.78, 5) is 22.0. The number of aliphatic hydroxyl groups is 2. The summed E-state index contributed by atoms with van der Waals surface area (Å²) in [7, 11) is 0. The van der Waals surface area contributed by atoms with E-state index in [1.807, 2.05) is 0 Å². The Morgan fingerprint density at radius 2 is 1.57 bits per heavy atom. The highest BCUT2D eigenvalue weighted by Gasteiger charge is 2.21. The summed E-state index contributed by atoms with van der Waals surface area (Å²) in [5.41, 5.74) is 0. The lowest BCUT2D eigenvalue weighted by Gasteiger charge is -2.14. The predicted molar refractivity (Wildman–Crippen MR) is 90.3 cm³/mol. The fourth-order valence-corrected chi connectivity index (χ4v) is 2.33. The normalized spacial score (nSPS) is 14.0. The molecule has 134 valence electrons. The van der Waals surface area contributed by atoms with Crippen molar-refractivity contribution in [3.8, 4) is 0 Å². The van der Waals surface area contributed by atoms with Crippen LogP contribution in [0.2, 0.25) is 0 Å². The van der Waals surface area contributed by atoms with Gasteiger partial charge in [-0.25, -0.2) is 0 Å². The second-order valence-electron chi connectivity index (χ2n) is 6.01. The summed E-state index contributed by atoms with van der Waals surface area (Å²) >= 11 is 0. The molecule has 0 fully saturated rings. The Labute approximate surface area is 139 Å². The topological polar surface area (TPSA) is 94.8 Å². The highest BCUT2D eigenvalue weighted by molar-refractivity contribution is 5.93. The molecule has 0 amide bonds. The van der Waals surface area contributed by atoms with Gasteiger partial charge in [-0.3, -0.25) is 9.59 Å². The summed E-state index contributed by atoms with van der Waals surface area (Å²) in [6.45, 7) is 2.19. The first-order valence-electron chi connectivity index (χ1n) is 8.77. The van der Waals surface area contributed by atoms with Crippen LogP contribution in [0.15, 0.2) is 12.2 Å². The number of carboxylic acids is 1. The van der Waals surface area contributed by atoms with Crippen LogP contribution in [0.1, 0.15) is 77.6 Å². The van der Waals surface area contributed by atoms with Crippen LogP contribution in [0.25, 0.3) is 0 Å². The zero-order valence-corrected chi connectivity index (χ0v) is 14.2. The van der Waals surface area contributed by atoms with Gasteiger partial charge in [0, 0.05) is 6.42 Å². The Kier molecular flexibility index (Phi) is 13.6. The van der Waals surface area contributed by atoms with Gasteiger partial charge >= 0.3 is 5.97 Å². The molecule has 0 heterocycles. The Bertz CT molecular complexity index is 351. The average molecular weight is 328 g/mol. The molecule has 0 saturated carbocycles. The van der Waals surface area contributed by atoms with Gasteiger partial charge in [-0.2, -0.15) is 0 Å². The maximum Gasteiger partial charge on any atom is 0.303 e. The minimum Gasteiger partial charge on any atom is -0.481 e. The molecule has 0 rings (SSSR count). The molecule has 0 aliphatic heterocycles. The van der Waals surface area contributed by atoms with Crippen molar-refractivity contribution >= 4 is 11.8 Å². The summed E-state index contributed by atoms with van der Waals surface area (Å²) in [5, 5.41) is 27.8. The molecule has 0 spiro atoms. The van der Waals surface area contributed by atoms with Crippen molar-refractivity contribution in [2.45, 2.75) is 89.8 Å². The van der Waals surface area contributed by atoms with Gasteiger partial charge < -0.3 is 15.3 Å². The van der Waals surface area contributed by atoms with E-state index in [4.69, 9.17) is 5.11 Å². The van der Waals surface area contributed by atoms with Gasteiger partial charge in [-0.1, -0.05) is 51.5 Å². The molecule has 5 heteroatoms. The van der Waals surface area contributed by atoms with Crippen molar-refractivity contribution in [2.75, 3.05) is 0 Å². The highest BCUT2D eigenvalue weighted by atomic mass is 16.4. The molecule has 0 saturated heterocycles. The molecule has 0 radical (unpaired) electrons. The Morgan fingerprint density at radius 1 is 0.957 bits per heavy atom. The molecule has 3 N–H and O–H groups in total. The maximum atomic E-state index is 11.7. The quantitative estimate of drug-likeness (QED) is 0.317. The van der Waals surface area contributed by atoms with Crippen LogP contribution < -0.4 is 0 Å². The van der Waals surface area contributed by atoms with Crippen LogP contribution in [0.5, 0.6) is 0 Å². The number of aliphatic carboxylic acids is 1. The number of carbonyl (C=O) groups excluding carboxylic acids is 1. The average Bonchev–Trinajstić information content (AvgIpc) is 2.51.